The molecule has 3 aromatic rings. The molecule has 3 heterocycles. The standard InChI is InChI=1S/C20H26N6O/c1-13(2)27-16-6-4-14(5-7-16)18-17-19(21)22-12-23-20(17)26(24-18)15-8-10-25(3)11-9-15/h4-7,12-13,15H,8-11H2,1-3H3,(H2,21,22,23). The molecule has 1 aliphatic rings. The van der Waals surface area contributed by atoms with Crippen LogP contribution in [0.4, 0.5) is 5.82 Å². The van der Waals surface area contributed by atoms with Gasteiger partial charge in [0.2, 0.25) is 0 Å². The van der Waals surface area contributed by atoms with Gasteiger partial charge in [-0.1, -0.05) is 0 Å². The zero-order valence-corrected chi connectivity index (χ0v) is 16.1. The van der Waals surface area contributed by atoms with Crippen LogP contribution in [0.1, 0.15) is 32.7 Å². The Hall–Kier alpha value is -2.67. The molecule has 0 amide bonds. The molecule has 4 rings (SSSR count). The molecule has 1 fully saturated rings. The maximum absolute atomic E-state index is 6.22. The number of anilines is 1. The molecule has 0 saturated carbocycles. The van der Waals surface area contributed by atoms with Crippen molar-refractivity contribution in [1.29, 1.82) is 0 Å². The summed E-state index contributed by atoms with van der Waals surface area (Å²) < 4.78 is 7.80. The van der Waals surface area contributed by atoms with Gasteiger partial charge in [0.05, 0.1) is 17.5 Å². The van der Waals surface area contributed by atoms with E-state index in [9.17, 15) is 0 Å². The van der Waals surface area contributed by atoms with Crippen molar-refractivity contribution in [3.8, 4) is 17.0 Å². The van der Waals surface area contributed by atoms with Gasteiger partial charge in [0.1, 0.15) is 23.6 Å². The molecule has 2 aromatic heterocycles. The molecule has 1 aliphatic heterocycles. The normalized spacial score (nSPS) is 16.3. The molecule has 2 N–H and O–H groups in total. The third-order valence-electron chi connectivity index (χ3n) is 5.05. The number of hydrogen-bond acceptors (Lipinski definition) is 6. The Labute approximate surface area is 159 Å². The van der Waals surface area contributed by atoms with Crippen molar-refractivity contribution in [3.05, 3.63) is 30.6 Å². The topological polar surface area (TPSA) is 82.1 Å². The van der Waals surface area contributed by atoms with E-state index in [2.05, 4.69) is 21.9 Å². The third-order valence-corrected chi connectivity index (χ3v) is 5.05. The summed E-state index contributed by atoms with van der Waals surface area (Å²) in [5, 5.41) is 5.76. The molecular formula is C20H26N6O. The summed E-state index contributed by atoms with van der Waals surface area (Å²) in [6, 6.07) is 8.30. The van der Waals surface area contributed by atoms with Crippen molar-refractivity contribution in [2.45, 2.75) is 38.8 Å². The van der Waals surface area contributed by atoms with Gasteiger partial charge in [0, 0.05) is 5.56 Å². The van der Waals surface area contributed by atoms with E-state index in [1.54, 1.807) is 0 Å². The van der Waals surface area contributed by atoms with Crippen LogP contribution < -0.4 is 10.5 Å². The second-order valence-electron chi connectivity index (χ2n) is 7.48. The second kappa shape index (κ2) is 7.15. The fourth-order valence-corrected chi connectivity index (χ4v) is 3.66. The summed E-state index contributed by atoms with van der Waals surface area (Å²) in [5.41, 5.74) is 8.85. The van der Waals surface area contributed by atoms with Gasteiger partial charge in [0.25, 0.3) is 0 Å². The molecule has 1 saturated heterocycles. The molecule has 7 nitrogen and oxygen atoms in total. The first-order valence-electron chi connectivity index (χ1n) is 9.47. The van der Waals surface area contributed by atoms with Crippen LogP contribution >= 0.6 is 0 Å². The highest BCUT2D eigenvalue weighted by molar-refractivity contribution is 5.98. The summed E-state index contributed by atoms with van der Waals surface area (Å²) in [4.78, 5) is 11.1. The number of hydrogen-bond donors (Lipinski definition) is 1. The molecule has 0 aliphatic carbocycles. The van der Waals surface area contributed by atoms with Crippen LogP contribution in [0.25, 0.3) is 22.3 Å². The number of aromatic nitrogens is 4. The highest BCUT2D eigenvalue weighted by Crippen LogP contribution is 2.34. The van der Waals surface area contributed by atoms with Crippen molar-refractivity contribution in [2.75, 3.05) is 25.9 Å². The van der Waals surface area contributed by atoms with Crippen LogP contribution in [0.5, 0.6) is 5.75 Å². The Bertz CT molecular complexity index is 926. The third kappa shape index (κ3) is 3.47. The minimum absolute atomic E-state index is 0.143. The number of nitrogens with two attached hydrogens (primary N) is 1. The molecule has 0 spiro atoms. The van der Waals surface area contributed by atoms with Crippen LogP contribution in [0.2, 0.25) is 0 Å². The summed E-state index contributed by atoms with van der Waals surface area (Å²) in [7, 11) is 2.16. The summed E-state index contributed by atoms with van der Waals surface area (Å²) in [5.74, 6) is 1.31. The number of piperidine rings is 1. The maximum atomic E-state index is 6.22. The number of likely N-dealkylation sites (tertiary alicyclic amines) is 1. The SMILES string of the molecule is CC(C)Oc1ccc(-c2nn(C3CCN(C)CC3)c3ncnc(N)c23)cc1. The fourth-order valence-electron chi connectivity index (χ4n) is 3.66. The quantitative estimate of drug-likeness (QED) is 0.764. The molecule has 1 aromatic carbocycles. The van der Waals surface area contributed by atoms with Crippen LogP contribution in [0.15, 0.2) is 30.6 Å². The lowest BCUT2D eigenvalue weighted by atomic mass is 10.1. The lowest BCUT2D eigenvalue weighted by molar-refractivity contribution is 0.215. The molecule has 142 valence electrons. The van der Waals surface area contributed by atoms with E-state index < -0.39 is 0 Å². The largest absolute Gasteiger partial charge is 0.491 e. The van der Waals surface area contributed by atoms with Crippen LogP contribution in [0.3, 0.4) is 0 Å². The lowest BCUT2D eigenvalue weighted by Crippen LogP contribution is -2.31. The van der Waals surface area contributed by atoms with Crippen molar-refractivity contribution < 1.29 is 4.74 Å². The second-order valence-corrected chi connectivity index (χ2v) is 7.48. The van der Waals surface area contributed by atoms with Crippen molar-refractivity contribution in [2.24, 2.45) is 0 Å². The minimum Gasteiger partial charge on any atom is -0.491 e. The Morgan fingerprint density at radius 3 is 2.48 bits per heavy atom. The Morgan fingerprint density at radius 1 is 1.11 bits per heavy atom. The number of fused-ring (bicyclic) bond motifs is 1. The average Bonchev–Trinajstić information content (AvgIpc) is 3.04. The van der Waals surface area contributed by atoms with Crippen LogP contribution in [-0.2, 0) is 0 Å². The summed E-state index contributed by atoms with van der Waals surface area (Å²) in [6.45, 7) is 6.15. The van der Waals surface area contributed by atoms with Gasteiger partial charge < -0.3 is 15.4 Å². The molecule has 27 heavy (non-hydrogen) atoms. The van der Waals surface area contributed by atoms with E-state index in [1.807, 2.05) is 42.8 Å². The Morgan fingerprint density at radius 2 is 1.81 bits per heavy atom. The first-order valence-corrected chi connectivity index (χ1v) is 9.47. The molecule has 0 radical (unpaired) electrons. The highest BCUT2D eigenvalue weighted by Gasteiger charge is 2.24. The van der Waals surface area contributed by atoms with Crippen molar-refractivity contribution in [1.82, 2.24) is 24.6 Å². The summed E-state index contributed by atoms with van der Waals surface area (Å²) in [6.07, 6.45) is 3.77. The predicted molar refractivity (Wildman–Crippen MR) is 107 cm³/mol. The van der Waals surface area contributed by atoms with Crippen LogP contribution in [0, 0.1) is 0 Å². The van der Waals surface area contributed by atoms with E-state index in [1.165, 1.54) is 6.33 Å². The van der Waals surface area contributed by atoms with Gasteiger partial charge in [0.15, 0.2) is 5.65 Å². The van der Waals surface area contributed by atoms with Crippen molar-refractivity contribution >= 4 is 16.9 Å². The lowest BCUT2D eigenvalue weighted by Gasteiger charge is -2.29. The van der Waals surface area contributed by atoms with Gasteiger partial charge in [-0.2, -0.15) is 5.10 Å². The maximum Gasteiger partial charge on any atom is 0.164 e. The van der Waals surface area contributed by atoms with Gasteiger partial charge in [-0.15, -0.1) is 0 Å². The summed E-state index contributed by atoms with van der Waals surface area (Å²) >= 11 is 0. The highest BCUT2D eigenvalue weighted by atomic mass is 16.5. The number of ether oxygens (including phenoxy) is 1. The Balaban J connectivity index is 1.76. The fraction of sp³-hybridized carbons (Fsp3) is 0.450. The predicted octanol–water partition coefficient (Wildman–Crippen LogP) is 3.13. The van der Waals surface area contributed by atoms with Gasteiger partial charge in [-0.25, -0.2) is 14.6 Å². The van der Waals surface area contributed by atoms with E-state index in [-0.39, 0.29) is 6.10 Å². The smallest absolute Gasteiger partial charge is 0.164 e. The Kier molecular flexibility index (Phi) is 4.70. The van der Waals surface area contributed by atoms with Gasteiger partial charge in [-0.3, -0.25) is 0 Å². The molecular weight excluding hydrogens is 340 g/mol. The van der Waals surface area contributed by atoms with Gasteiger partial charge >= 0.3 is 0 Å². The molecule has 0 bridgehead atoms. The number of benzene rings is 1. The zero-order chi connectivity index (χ0) is 19.0. The van der Waals surface area contributed by atoms with Crippen molar-refractivity contribution in [3.63, 3.8) is 0 Å². The van der Waals surface area contributed by atoms with Gasteiger partial charge in [-0.05, 0) is 71.1 Å². The molecule has 7 heteroatoms. The zero-order valence-electron chi connectivity index (χ0n) is 16.1. The number of rotatable bonds is 4. The first kappa shape index (κ1) is 17.7. The van der Waals surface area contributed by atoms with E-state index in [4.69, 9.17) is 15.6 Å². The first-order chi connectivity index (χ1) is 13.0. The van der Waals surface area contributed by atoms with E-state index >= 15 is 0 Å². The number of nitrogens with zero attached hydrogens (tertiary/aromatic N) is 5. The molecule has 0 unspecified atom stereocenters. The average molecular weight is 366 g/mol. The van der Waals surface area contributed by atoms with E-state index in [0.717, 1.165) is 54.0 Å². The van der Waals surface area contributed by atoms with Crippen LogP contribution in [-0.4, -0.2) is 50.9 Å². The molecule has 0 atom stereocenters. The number of nitrogen functional groups attached to an aromatic ring is 1. The minimum atomic E-state index is 0.143. The van der Waals surface area contributed by atoms with E-state index in [0.29, 0.717) is 11.9 Å². The monoisotopic (exact) mass is 366 g/mol.